The Morgan fingerprint density at radius 3 is 2.54 bits per heavy atom. The Balaban J connectivity index is 1.61. The fourth-order valence-electron chi connectivity index (χ4n) is 6.64. The van der Waals surface area contributed by atoms with Crippen LogP contribution in [0.4, 0.5) is 0 Å². The molecule has 0 radical (unpaired) electrons. The summed E-state index contributed by atoms with van der Waals surface area (Å²) in [7, 11) is 0. The van der Waals surface area contributed by atoms with Gasteiger partial charge >= 0.3 is 5.97 Å². The SMILES string of the molecule is CC[C@@H](CO)N1C(=O)[C@@H]2[C@H]3C(=O)O[C@H](c4ccccc4)CNC(=O)CC/C=C\[C@H]3O[C@@]23C=CCN(C(C)C)C(=O)[C@@H]13. The molecule has 4 aliphatic rings. The number of carbonyl (C=O) groups excluding carboxylic acids is 4. The lowest BCUT2D eigenvalue weighted by Crippen LogP contribution is -2.58. The van der Waals surface area contributed by atoms with Gasteiger partial charge in [-0.1, -0.05) is 61.6 Å². The number of benzene rings is 1. The van der Waals surface area contributed by atoms with Crippen molar-refractivity contribution in [3.05, 3.63) is 60.2 Å². The second kappa shape index (κ2) is 11.8. The van der Waals surface area contributed by atoms with E-state index in [9.17, 15) is 24.3 Å². The van der Waals surface area contributed by atoms with Gasteiger partial charge in [-0.05, 0) is 32.3 Å². The van der Waals surface area contributed by atoms with Crippen LogP contribution in [-0.4, -0.2) is 88.1 Å². The summed E-state index contributed by atoms with van der Waals surface area (Å²) in [4.78, 5) is 58.2. The number of ether oxygens (including phenoxy) is 2. The molecule has 2 N–H and O–H groups in total. The van der Waals surface area contributed by atoms with Crippen LogP contribution >= 0.6 is 0 Å². The quantitative estimate of drug-likeness (QED) is 0.413. The van der Waals surface area contributed by atoms with Gasteiger partial charge in [0, 0.05) is 19.0 Å². The van der Waals surface area contributed by atoms with Gasteiger partial charge in [0.05, 0.1) is 31.2 Å². The van der Waals surface area contributed by atoms with Gasteiger partial charge in [0.15, 0.2) is 0 Å². The molecule has 0 bridgehead atoms. The van der Waals surface area contributed by atoms with Crippen LogP contribution in [0.3, 0.4) is 0 Å². The van der Waals surface area contributed by atoms with Crippen molar-refractivity contribution in [2.24, 2.45) is 11.8 Å². The number of hydrogen-bond donors (Lipinski definition) is 2. The van der Waals surface area contributed by atoms with Gasteiger partial charge in [-0.2, -0.15) is 0 Å². The van der Waals surface area contributed by atoms with E-state index in [1.54, 1.807) is 23.1 Å². The number of likely N-dealkylation sites (tertiary alicyclic amines) is 1. The predicted octanol–water partition coefficient (Wildman–Crippen LogP) is 1.90. The maximum Gasteiger partial charge on any atom is 0.313 e. The van der Waals surface area contributed by atoms with Gasteiger partial charge in [0.1, 0.15) is 23.7 Å². The molecule has 1 aromatic carbocycles. The number of fused-ring (bicyclic) bond motifs is 2. The molecule has 2 saturated heterocycles. The molecule has 220 valence electrons. The molecule has 3 amide bonds. The summed E-state index contributed by atoms with van der Waals surface area (Å²) in [6.45, 7) is 5.76. The zero-order valence-corrected chi connectivity index (χ0v) is 23.8. The van der Waals surface area contributed by atoms with Crippen molar-refractivity contribution >= 4 is 23.7 Å². The van der Waals surface area contributed by atoms with E-state index in [4.69, 9.17) is 9.47 Å². The first-order valence-electron chi connectivity index (χ1n) is 14.5. The predicted molar refractivity (Wildman–Crippen MR) is 149 cm³/mol. The number of esters is 1. The number of amides is 3. The largest absolute Gasteiger partial charge is 0.455 e. The number of rotatable bonds is 5. The second-order valence-electron chi connectivity index (χ2n) is 11.4. The highest BCUT2D eigenvalue weighted by Crippen LogP contribution is 2.54. The van der Waals surface area contributed by atoms with Crippen molar-refractivity contribution in [2.45, 2.75) is 76.0 Å². The standard InChI is InChI=1S/C31H39N3O7/c1-4-21(18-35)34-27-29(38)33(19(2)3)16-10-15-31(27)26(28(34)37)25-22(41-31)13-8-9-14-24(36)32-17-23(40-30(25)39)20-11-6-5-7-12-20/h5-8,10-13,15,19,21-23,25-27,35H,4,9,14,16-18H2,1-3H3,(H,32,36)/b13-8-/t21-,22+,23-,25-,26-,27+,31-/m0/s1. The number of hydrogen-bond acceptors (Lipinski definition) is 7. The van der Waals surface area contributed by atoms with Gasteiger partial charge < -0.3 is 29.7 Å². The van der Waals surface area contributed by atoms with Crippen LogP contribution in [0.25, 0.3) is 0 Å². The smallest absolute Gasteiger partial charge is 0.313 e. The van der Waals surface area contributed by atoms with Crippen LogP contribution in [-0.2, 0) is 28.7 Å². The molecule has 1 aromatic rings. The van der Waals surface area contributed by atoms with Crippen molar-refractivity contribution in [1.29, 1.82) is 0 Å². The fraction of sp³-hybridized carbons (Fsp3) is 0.548. The van der Waals surface area contributed by atoms with Gasteiger partial charge in [-0.3, -0.25) is 19.2 Å². The molecule has 1 spiro atoms. The lowest BCUT2D eigenvalue weighted by atomic mass is 9.77. The molecular formula is C31H39N3O7. The number of carbonyl (C=O) groups is 4. The Morgan fingerprint density at radius 2 is 1.85 bits per heavy atom. The summed E-state index contributed by atoms with van der Waals surface area (Å²) in [6.07, 6.45) is 6.56. The Labute approximate surface area is 240 Å². The summed E-state index contributed by atoms with van der Waals surface area (Å²) < 4.78 is 12.7. The maximum atomic E-state index is 14.4. The maximum absolute atomic E-state index is 14.4. The zero-order valence-electron chi connectivity index (χ0n) is 23.8. The third-order valence-corrected chi connectivity index (χ3v) is 8.71. The Morgan fingerprint density at radius 1 is 1.10 bits per heavy atom. The van der Waals surface area contributed by atoms with E-state index < -0.39 is 53.6 Å². The van der Waals surface area contributed by atoms with E-state index in [0.29, 0.717) is 24.9 Å². The number of allylic oxidation sites excluding steroid dienone is 1. The third-order valence-electron chi connectivity index (χ3n) is 8.71. The number of nitrogens with one attached hydrogen (secondary N) is 1. The summed E-state index contributed by atoms with van der Waals surface area (Å²) >= 11 is 0. The molecular weight excluding hydrogens is 526 g/mol. The van der Waals surface area contributed by atoms with E-state index in [1.165, 1.54) is 4.90 Å². The highest BCUT2D eigenvalue weighted by Gasteiger charge is 2.72. The van der Waals surface area contributed by atoms with Gasteiger partial charge in [-0.25, -0.2) is 0 Å². The molecule has 0 aromatic heterocycles. The molecule has 2 fully saturated rings. The van der Waals surface area contributed by atoms with Crippen molar-refractivity contribution in [2.75, 3.05) is 19.7 Å². The molecule has 10 heteroatoms. The highest BCUT2D eigenvalue weighted by molar-refractivity contribution is 5.99. The minimum atomic E-state index is -1.42. The number of aliphatic hydroxyl groups is 1. The van der Waals surface area contributed by atoms with Crippen molar-refractivity contribution in [3.8, 4) is 0 Å². The molecule has 5 rings (SSSR count). The minimum absolute atomic E-state index is 0.0825. The number of cyclic esters (lactones) is 1. The van der Waals surface area contributed by atoms with Crippen molar-refractivity contribution in [1.82, 2.24) is 15.1 Å². The molecule has 0 saturated carbocycles. The molecule has 41 heavy (non-hydrogen) atoms. The summed E-state index contributed by atoms with van der Waals surface area (Å²) in [6, 6.07) is 7.34. The second-order valence-corrected chi connectivity index (χ2v) is 11.4. The third kappa shape index (κ3) is 5.08. The number of nitrogens with zero attached hydrogens (tertiary/aromatic N) is 2. The van der Waals surface area contributed by atoms with Crippen molar-refractivity contribution in [3.63, 3.8) is 0 Å². The molecule has 0 unspecified atom stereocenters. The molecule has 0 aliphatic carbocycles. The van der Waals surface area contributed by atoms with Crippen LogP contribution in [0.1, 0.15) is 51.7 Å². The first-order valence-corrected chi connectivity index (χ1v) is 14.5. The van der Waals surface area contributed by atoms with Crippen LogP contribution in [0, 0.1) is 11.8 Å². The summed E-state index contributed by atoms with van der Waals surface area (Å²) in [5.41, 5.74) is -0.713. The molecule has 10 nitrogen and oxygen atoms in total. The average molecular weight is 566 g/mol. The van der Waals surface area contributed by atoms with Crippen molar-refractivity contribution < 1.29 is 33.8 Å². The summed E-state index contributed by atoms with van der Waals surface area (Å²) in [5, 5.41) is 13.1. The van der Waals surface area contributed by atoms with Crippen LogP contribution in [0.2, 0.25) is 0 Å². The lowest BCUT2D eigenvalue weighted by molar-refractivity contribution is -0.161. The van der Waals surface area contributed by atoms with Crippen LogP contribution in [0.15, 0.2) is 54.6 Å². The summed E-state index contributed by atoms with van der Waals surface area (Å²) in [5.74, 6) is -3.56. The lowest BCUT2D eigenvalue weighted by Gasteiger charge is -2.39. The zero-order chi connectivity index (χ0) is 29.3. The Bertz CT molecular complexity index is 1230. The van der Waals surface area contributed by atoms with E-state index >= 15 is 0 Å². The first-order chi connectivity index (χ1) is 19.7. The van der Waals surface area contributed by atoms with E-state index in [0.717, 1.165) is 0 Å². The average Bonchev–Trinajstić information content (AvgIpc) is 3.34. The highest BCUT2D eigenvalue weighted by atomic mass is 16.6. The van der Waals surface area contributed by atoms with Gasteiger partial charge in [-0.15, -0.1) is 0 Å². The van der Waals surface area contributed by atoms with Crippen LogP contribution in [0.5, 0.6) is 0 Å². The Hall–Kier alpha value is -3.50. The van der Waals surface area contributed by atoms with Gasteiger partial charge in [0.25, 0.3) is 0 Å². The number of aliphatic hydroxyl groups excluding tert-OH is 1. The monoisotopic (exact) mass is 565 g/mol. The van der Waals surface area contributed by atoms with E-state index in [2.05, 4.69) is 5.32 Å². The normalized spacial score (nSPS) is 33.6. The van der Waals surface area contributed by atoms with E-state index in [1.807, 2.05) is 57.2 Å². The Kier molecular flexibility index (Phi) is 8.33. The topological polar surface area (TPSA) is 125 Å². The first kappa shape index (κ1) is 29.0. The molecule has 4 heterocycles. The van der Waals surface area contributed by atoms with Gasteiger partial charge in [0.2, 0.25) is 17.7 Å². The fourth-order valence-corrected chi connectivity index (χ4v) is 6.64. The molecule has 7 atom stereocenters. The van der Waals surface area contributed by atoms with Crippen LogP contribution < -0.4 is 5.32 Å². The molecule has 4 aliphatic heterocycles. The minimum Gasteiger partial charge on any atom is -0.455 e. The van der Waals surface area contributed by atoms with E-state index in [-0.39, 0.29) is 37.4 Å².